The van der Waals surface area contributed by atoms with Gasteiger partial charge in [-0.3, -0.25) is 9.93 Å². The fourth-order valence-corrected chi connectivity index (χ4v) is 2.04. The highest BCUT2D eigenvalue weighted by molar-refractivity contribution is 7.97. The van der Waals surface area contributed by atoms with Crippen LogP contribution in [0.1, 0.15) is 19.3 Å². The van der Waals surface area contributed by atoms with Gasteiger partial charge in [0.15, 0.2) is 0 Å². The summed E-state index contributed by atoms with van der Waals surface area (Å²) in [5.74, 6) is -0.0936. The second-order valence-electron chi connectivity index (χ2n) is 3.85. The maximum atomic E-state index is 11.9. The zero-order valence-electron chi connectivity index (χ0n) is 9.39. The Hall–Kier alpha value is -1.11. The number of hydrogen-bond donors (Lipinski definition) is 2. The van der Waals surface area contributed by atoms with E-state index in [9.17, 15) is 4.79 Å². The largest absolute Gasteiger partial charge is 0.368 e. The minimum Gasteiger partial charge on any atom is -0.368 e. The molecule has 5 nitrogen and oxygen atoms in total. The third-order valence-electron chi connectivity index (χ3n) is 2.60. The number of aromatic nitrogens is 1. The lowest BCUT2D eigenvalue weighted by Crippen LogP contribution is -2.33. The van der Waals surface area contributed by atoms with Crippen LogP contribution in [0.4, 0.5) is 5.69 Å². The second-order valence-corrected chi connectivity index (χ2v) is 4.50. The van der Waals surface area contributed by atoms with E-state index in [0.717, 1.165) is 31.2 Å². The molecule has 0 bridgehead atoms. The molecule has 1 unspecified atom stereocenters. The third kappa shape index (κ3) is 3.42. The van der Waals surface area contributed by atoms with Gasteiger partial charge in [0, 0.05) is 18.5 Å². The van der Waals surface area contributed by atoms with E-state index in [1.165, 1.54) is 0 Å². The molecule has 0 radical (unpaired) electrons. The first kappa shape index (κ1) is 12.3. The van der Waals surface area contributed by atoms with E-state index in [0.29, 0.717) is 17.3 Å². The summed E-state index contributed by atoms with van der Waals surface area (Å²) in [7, 11) is 0. The number of pyridine rings is 1. The predicted octanol–water partition coefficient (Wildman–Crippen LogP) is 1.55. The smallest absolute Gasteiger partial charge is 0.253 e. The van der Waals surface area contributed by atoms with Crippen LogP contribution in [-0.2, 0) is 9.53 Å². The summed E-state index contributed by atoms with van der Waals surface area (Å²) in [5, 5.41) is 8.90. The molecule has 1 atom stereocenters. The first-order chi connectivity index (χ1) is 8.29. The van der Waals surface area contributed by atoms with E-state index in [-0.39, 0.29) is 12.0 Å². The van der Waals surface area contributed by atoms with Gasteiger partial charge in [0.25, 0.3) is 5.91 Å². The Kier molecular flexibility index (Phi) is 4.36. The van der Waals surface area contributed by atoms with Gasteiger partial charge in [0.05, 0.1) is 0 Å². The SMILES string of the molecule is NSc1cc(NC(=O)C2CCCCO2)ccn1. The van der Waals surface area contributed by atoms with Crippen molar-refractivity contribution in [3.05, 3.63) is 18.3 Å². The summed E-state index contributed by atoms with van der Waals surface area (Å²) in [6.07, 6.45) is 4.15. The van der Waals surface area contributed by atoms with Crippen LogP contribution >= 0.6 is 11.9 Å². The molecule has 3 N–H and O–H groups in total. The predicted molar refractivity (Wildman–Crippen MR) is 66.5 cm³/mol. The fraction of sp³-hybridized carbons (Fsp3) is 0.455. The van der Waals surface area contributed by atoms with Crippen LogP contribution in [0.3, 0.4) is 0 Å². The van der Waals surface area contributed by atoms with E-state index in [4.69, 9.17) is 9.88 Å². The maximum absolute atomic E-state index is 11.9. The first-order valence-electron chi connectivity index (χ1n) is 5.55. The highest BCUT2D eigenvalue weighted by atomic mass is 32.2. The lowest BCUT2D eigenvalue weighted by molar-refractivity contribution is -0.129. The van der Waals surface area contributed by atoms with Gasteiger partial charge < -0.3 is 10.1 Å². The number of carbonyl (C=O) groups is 1. The van der Waals surface area contributed by atoms with Crippen LogP contribution in [-0.4, -0.2) is 23.6 Å². The molecule has 92 valence electrons. The van der Waals surface area contributed by atoms with E-state index < -0.39 is 0 Å². The summed E-state index contributed by atoms with van der Waals surface area (Å²) in [6, 6.07) is 3.48. The van der Waals surface area contributed by atoms with Gasteiger partial charge in [-0.2, -0.15) is 0 Å². The Bertz CT molecular complexity index is 394. The molecule has 1 aliphatic heterocycles. The van der Waals surface area contributed by atoms with Gasteiger partial charge in [0.1, 0.15) is 11.1 Å². The van der Waals surface area contributed by atoms with Crippen molar-refractivity contribution in [2.45, 2.75) is 30.4 Å². The van der Waals surface area contributed by atoms with Crippen molar-refractivity contribution in [1.29, 1.82) is 0 Å². The van der Waals surface area contributed by atoms with Gasteiger partial charge in [-0.05, 0) is 43.3 Å². The van der Waals surface area contributed by atoms with E-state index >= 15 is 0 Å². The summed E-state index contributed by atoms with van der Waals surface area (Å²) >= 11 is 1.05. The Morgan fingerprint density at radius 3 is 3.18 bits per heavy atom. The maximum Gasteiger partial charge on any atom is 0.253 e. The Morgan fingerprint density at radius 1 is 1.59 bits per heavy atom. The molecule has 1 amide bonds. The molecular weight excluding hydrogens is 238 g/mol. The standard InChI is InChI=1S/C11H15N3O2S/c12-17-10-7-8(4-5-13-10)14-11(15)9-3-1-2-6-16-9/h4-5,7,9H,1-3,6,12H2,(H,13,14,15). The van der Waals surface area contributed by atoms with Gasteiger partial charge in [-0.1, -0.05) is 0 Å². The quantitative estimate of drug-likeness (QED) is 0.799. The van der Waals surface area contributed by atoms with Gasteiger partial charge >= 0.3 is 0 Å². The molecule has 2 heterocycles. The number of nitrogens with two attached hydrogens (primary N) is 1. The number of nitrogens with one attached hydrogen (secondary N) is 1. The van der Waals surface area contributed by atoms with E-state index in [1.807, 2.05) is 0 Å². The Labute approximate surface area is 104 Å². The zero-order valence-corrected chi connectivity index (χ0v) is 10.2. The van der Waals surface area contributed by atoms with Crippen LogP contribution in [0.25, 0.3) is 0 Å². The average molecular weight is 253 g/mol. The molecular formula is C11H15N3O2S. The van der Waals surface area contributed by atoms with Gasteiger partial charge in [-0.25, -0.2) is 4.98 Å². The third-order valence-corrected chi connectivity index (χ3v) is 3.06. The second kappa shape index (κ2) is 6.00. The Morgan fingerprint density at radius 2 is 2.47 bits per heavy atom. The molecule has 1 saturated heterocycles. The van der Waals surface area contributed by atoms with Gasteiger partial charge in [0.2, 0.25) is 0 Å². The molecule has 2 rings (SSSR count). The molecule has 1 aromatic rings. The first-order valence-corrected chi connectivity index (χ1v) is 6.43. The molecule has 0 aromatic carbocycles. The molecule has 0 spiro atoms. The molecule has 1 aliphatic rings. The lowest BCUT2D eigenvalue weighted by Gasteiger charge is -2.21. The minimum absolute atomic E-state index is 0.0936. The summed E-state index contributed by atoms with van der Waals surface area (Å²) in [5.41, 5.74) is 0.701. The fourth-order valence-electron chi connectivity index (χ4n) is 1.72. The molecule has 17 heavy (non-hydrogen) atoms. The van der Waals surface area contributed by atoms with Crippen molar-refractivity contribution in [1.82, 2.24) is 4.98 Å². The molecule has 6 heteroatoms. The number of anilines is 1. The number of carbonyl (C=O) groups excluding carboxylic acids is 1. The number of nitrogens with zero attached hydrogens (tertiary/aromatic N) is 1. The minimum atomic E-state index is -0.328. The average Bonchev–Trinajstić information content (AvgIpc) is 2.40. The monoisotopic (exact) mass is 253 g/mol. The van der Waals surface area contributed by atoms with E-state index in [2.05, 4.69) is 10.3 Å². The van der Waals surface area contributed by atoms with Crippen molar-refractivity contribution in [3.8, 4) is 0 Å². The molecule has 1 fully saturated rings. The lowest BCUT2D eigenvalue weighted by atomic mass is 10.1. The molecule has 1 aromatic heterocycles. The van der Waals surface area contributed by atoms with Crippen LogP contribution in [0, 0.1) is 0 Å². The van der Waals surface area contributed by atoms with Crippen LogP contribution in [0.5, 0.6) is 0 Å². The van der Waals surface area contributed by atoms with E-state index in [1.54, 1.807) is 18.3 Å². The number of ether oxygens (including phenoxy) is 1. The van der Waals surface area contributed by atoms with Crippen molar-refractivity contribution in [2.75, 3.05) is 11.9 Å². The van der Waals surface area contributed by atoms with Gasteiger partial charge in [-0.15, -0.1) is 0 Å². The van der Waals surface area contributed by atoms with Crippen molar-refractivity contribution in [2.24, 2.45) is 5.14 Å². The number of amides is 1. The zero-order chi connectivity index (χ0) is 12.1. The number of hydrogen-bond acceptors (Lipinski definition) is 5. The number of rotatable bonds is 3. The highest BCUT2D eigenvalue weighted by Crippen LogP contribution is 2.17. The van der Waals surface area contributed by atoms with Crippen molar-refractivity contribution >= 4 is 23.5 Å². The summed E-state index contributed by atoms with van der Waals surface area (Å²) in [6.45, 7) is 0.665. The normalized spacial score (nSPS) is 19.9. The molecule has 0 saturated carbocycles. The summed E-state index contributed by atoms with van der Waals surface area (Å²) < 4.78 is 5.41. The van der Waals surface area contributed by atoms with Crippen LogP contribution in [0.15, 0.2) is 23.4 Å². The Balaban J connectivity index is 1.96. The van der Waals surface area contributed by atoms with Crippen molar-refractivity contribution < 1.29 is 9.53 Å². The highest BCUT2D eigenvalue weighted by Gasteiger charge is 2.21. The molecule has 0 aliphatic carbocycles. The topological polar surface area (TPSA) is 77.2 Å². The van der Waals surface area contributed by atoms with Crippen LogP contribution < -0.4 is 10.5 Å². The summed E-state index contributed by atoms with van der Waals surface area (Å²) in [4.78, 5) is 15.9. The van der Waals surface area contributed by atoms with Crippen LogP contribution in [0.2, 0.25) is 0 Å². The van der Waals surface area contributed by atoms with Crippen molar-refractivity contribution in [3.63, 3.8) is 0 Å².